The van der Waals surface area contributed by atoms with Crippen LogP contribution >= 0.6 is 0 Å². The topological polar surface area (TPSA) is 136 Å². The molecule has 0 heterocycles. The van der Waals surface area contributed by atoms with Crippen LogP contribution in [0.2, 0.25) is 0 Å². The second-order valence-electron chi connectivity index (χ2n) is 9.23. The van der Waals surface area contributed by atoms with Crippen molar-refractivity contribution >= 4 is 22.0 Å². The molecule has 9 nitrogen and oxygen atoms in total. The van der Waals surface area contributed by atoms with Crippen LogP contribution in [0.15, 0.2) is 53.4 Å². The molecule has 0 aromatic heterocycles. The number of hydrogen-bond acceptors (Lipinski definition) is 5. The molecule has 10 heteroatoms. The molecule has 2 aromatic rings. The predicted molar refractivity (Wildman–Crippen MR) is 138 cm³/mol. The van der Waals surface area contributed by atoms with E-state index in [4.69, 9.17) is 0 Å². The molecule has 0 bridgehead atoms. The van der Waals surface area contributed by atoms with Crippen molar-refractivity contribution in [2.75, 3.05) is 19.6 Å². The number of hydrogen-bond donors (Lipinski definition) is 4. The van der Waals surface area contributed by atoms with Crippen molar-refractivity contribution in [1.29, 1.82) is 0 Å². The van der Waals surface area contributed by atoms with Gasteiger partial charge in [0, 0.05) is 19.6 Å². The SMILES string of the molecule is Cc1ccc(S(=O)(=O)N(CC(C)C)[C@@H](CCCCNC(=O)NCCc2ccc(O)cc2)C(=O)O)cc1. The molecule has 1 atom stereocenters. The van der Waals surface area contributed by atoms with Gasteiger partial charge in [-0.3, -0.25) is 4.79 Å². The lowest BCUT2D eigenvalue weighted by Gasteiger charge is -2.29. The molecule has 0 saturated heterocycles. The number of urea groups is 1. The van der Waals surface area contributed by atoms with Crippen LogP contribution in [0.25, 0.3) is 0 Å². The number of nitrogens with zero attached hydrogens (tertiary/aromatic N) is 1. The Morgan fingerprint density at radius 2 is 1.56 bits per heavy atom. The largest absolute Gasteiger partial charge is 0.508 e. The summed E-state index contributed by atoms with van der Waals surface area (Å²) >= 11 is 0. The maximum atomic E-state index is 13.3. The number of nitrogens with one attached hydrogen (secondary N) is 2. The summed E-state index contributed by atoms with van der Waals surface area (Å²) < 4.78 is 27.7. The van der Waals surface area contributed by atoms with E-state index in [0.29, 0.717) is 32.4 Å². The Balaban J connectivity index is 1.87. The molecule has 2 aromatic carbocycles. The Labute approximate surface area is 213 Å². The third-order valence-electron chi connectivity index (χ3n) is 5.63. The zero-order valence-corrected chi connectivity index (χ0v) is 21.9. The summed E-state index contributed by atoms with van der Waals surface area (Å²) in [5.74, 6) is -1.06. The van der Waals surface area contributed by atoms with Gasteiger partial charge in [-0.05, 0) is 68.4 Å². The molecule has 0 aliphatic heterocycles. The van der Waals surface area contributed by atoms with Crippen molar-refractivity contribution < 1.29 is 28.2 Å². The average molecular weight is 520 g/mol. The monoisotopic (exact) mass is 519 g/mol. The maximum absolute atomic E-state index is 13.3. The number of phenols is 1. The van der Waals surface area contributed by atoms with Crippen LogP contribution in [0.5, 0.6) is 5.75 Å². The maximum Gasteiger partial charge on any atom is 0.322 e. The van der Waals surface area contributed by atoms with Gasteiger partial charge in [0.05, 0.1) is 4.90 Å². The second kappa shape index (κ2) is 13.8. The van der Waals surface area contributed by atoms with Gasteiger partial charge < -0.3 is 20.8 Å². The summed E-state index contributed by atoms with van der Waals surface area (Å²) in [5.41, 5.74) is 1.90. The van der Waals surface area contributed by atoms with Gasteiger partial charge in [0.2, 0.25) is 10.0 Å². The van der Waals surface area contributed by atoms with Gasteiger partial charge in [-0.25, -0.2) is 13.2 Å². The summed E-state index contributed by atoms with van der Waals surface area (Å²) in [4.78, 5) is 24.1. The number of carboxylic acid groups (broad SMARTS) is 1. The number of rotatable bonds is 14. The number of carbonyl (C=O) groups is 2. The van der Waals surface area contributed by atoms with E-state index in [9.17, 15) is 28.2 Å². The van der Waals surface area contributed by atoms with Crippen LogP contribution in [0, 0.1) is 12.8 Å². The molecule has 0 unspecified atom stereocenters. The highest BCUT2D eigenvalue weighted by Crippen LogP contribution is 2.23. The number of aromatic hydroxyl groups is 1. The highest BCUT2D eigenvalue weighted by Gasteiger charge is 2.35. The average Bonchev–Trinajstić information content (AvgIpc) is 2.81. The predicted octanol–water partition coefficient (Wildman–Crippen LogP) is 3.51. The van der Waals surface area contributed by atoms with Crippen molar-refractivity contribution in [3.05, 3.63) is 59.7 Å². The summed E-state index contributed by atoms with van der Waals surface area (Å²) in [6, 6.07) is 11.6. The molecule has 198 valence electrons. The number of carboxylic acids is 1. The van der Waals surface area contributed by atoms with E-state index in [1.165, 1.54) is 12.1 Å². The van der Waals surface area contributed by atoms with E-state index >= 15 is 0 Å². The zero-order chi connectivity index (χ0) is 26.7. The molecule has 4 N–H and O–H groups in total. The number of amides is 2. The first-order valence-electron chi connectivity index (χ1n) is 12.1. The van der Waals surface area contributed by atoms with Crippen molar-refractivity contribution in [2.45, 2.75) is 57.4 Å². The standard InChI is InChI=1S/C26H37N3O6S/c1-19(2)18-29(36(34,35)23-13-7-20(3)8-14-23)24(25(31)32)6-4-5-16-27-26(33)28-17-15-21-9-11-22(30)12-10-21/h7-14,19,24,30H,4-6,15-18H2,1-3H3,(H,31,32)(H2,27,28,33)/t24-/m0/s1. The Bertz CT molecular complexity index is 1090. The van der Waals surface area contributed by atoms with Gasteiger partial charge in [0.15, 0.2) is 0 Å². The van der Waals surface area contributed by atoms with Crippen molar-refractivity contribution in [1.82, 2.24) is 14.9 Å². The van der Waals surface area contributed by atoms with Crippen LogP contribution in [0.3, 0.4) is 0 Å². The molecular formula is C26H37N3O6S. The first-order chi connectivity index (χ1) is 17.0. The van der Waals surface area contributed by atoms with E-state index in [1.54, 1.807) is 36.4 Å². The number of aliphatic carboxylic acids is 1. The molecule has 0 saturated carbocycles. The summed E-state index contributed by atoms with van der Waals surface area (Å²) in [6.45, 7) is 6.41. The second-order valence-corrected chi connectivity index (χ2v) is 11.1. The van der Waals surface area contributed by atoms with E-state index in [2.05, 4.69) is 10.6 Å². The van der Waals surface area contributed by atoms with Crippen LogP contribution < -0.4 is 10.6 Å². The number of phenolic OH excluding ortho intramolecular Hbond substituents is 1. The fraction of sp³-hybridized carbons (Fsp3) is 0.462. The van der Waals surface area contributed by atoms with E-state index in [1.807, 2.05) is 20.8 Å². The van der Waals surface area contributed by atoms with Crippen molar-refractivity contribution in [2.24, 2.45) is 5.92 Å². The molecule has 0 radical (unpaired) electrons. The smallest absolute Gasteiger partial charge is 0.322 e. The number of benzene rings is 2. The van der Waals surface area contributed by atoms with Crippen LogP contribution in [-0.4, -0.2) is 60.6 Å². The van der Waals surface area contributed by atoms with Crippen LogP contribution in [0.1, 0.15) is 44.2 Å². The summed E-state index contributed by atoms with van der Waals surface area (Å²) in [6.07, 6.45) is 1.70. The number of aryl methyl sites for hydroxylation is 1. The lowest BCUT2D eigenvalue weighted by molar-refractivity contribution is -0.141. The minimum Gasteiger partial charge on any atom is -0.508 e. The molecule has 0 spiro atoms. The quantitative estimate of drug-likeness (QED) is 0.282. The molecule has 0 aliphatic carbocycles. The Kier molecular flexibility index (Phi) is 11.2. The van der Waals surface area contributed by atoms with Gasteiger partial charge in [-0.2, -0.15) is 4.31 Å². The zero-order valence-electron chi connectivity index (χ0n) is 21.1. The highest BCUT2D eigenvalue weighted by molar-refractivity contribution is 7.89. The van der Waals surface area contributed by atoms with Crippen LogP contribution in [-0.2, 0) is 21.2 Å². The minimum atomic E-state index is -3.99. The highest BCUT2D eigenvalue weighted by atomic mass is 32.2. The van der Waals surface area contributed by atoms with Gasteiger partial charge in [-0.15, -0.1) is 0 Å². The molecule has 2 rings (SSSR count). The van der Waals surface area contributed by atoms with E-state index in [0.717, 1.165) is 15.4 Å². The normalized spacial score (nSPS) is 12.5. The molecule has 0 fully saturated rings. The Morgan fingerprint density at radius 3 is 2.14 bits per heavy atom. The molecule has 36 heavy (non-hydrogen) atoms. The fourth-order valence-electron chi connectivity index (χ4n) is 3.70. The minimum absolute atomic E-state index is 0.0565. The van der Waals surface area contributed by atoms with Gasteiger partial charge in [-0.1, -0.05) is 43.7 Å². The third kappa shape index (κ3) is 9.16. The number of unbranched alkanes of at least 4 members (excludes halogenated alkanes) is 1. The number of sulfonamides is 1. The molecule has 2 amide bonds. The summed E-state index contributed by atoms with van der Waals surface area (Å²) in [5, 5.41) is 24.6. The van der Waals surface area contributed by atoms with Crippen molar-refractivity contribution in [3.63, 3.8) is 0 Å². The Morgan fingerprint density at radius 1 is 0.944 bits per heavy atom. The molecular weight excluding hydrogens is 482 g/mol. The van der Waals surface area contributed by atoms with E-state index < -0.39 is 22.0 Å². The van der Waals surface area contributed by atoms with Crippen LogP contribution in [0.4, 0.5) is 4.79 Å². The van der Waals surface area contributed by atoms with Gasteiger partial charge in [0.1, 0.15) is 11.8 Å². The Hall–Kier alpha value is -3.11. The first-order valence-corrected chi connectivity index (χ1v) is 13.6. The lowest BCUT2D eigenvalue weighted by Crippen LogP contribution is -2.46. The first kappa shape index (κ1) is 29.1. The summed E-state index contributed by atoms with van der Waals surface area (Å²) in [7, 11) is -3.99. The number of carbonyl (C=O) groups excluding carboxylic acids is 1. The molecule has 0 aliphatic rings. The lowest BCUT2D eigenvalue weighted by atomic mass is 10.1. The van der Waals surface area contributed by atoms with E-state index in [-0.39, 0.29) is 35.6 Å². The van der Waals surface area contributed by atoms with Crippen molar-refractivity contribution in [3.8, 4) is 5.75 Å². The third-order valence-corrected chi connectivity index (χ3v) is 7.52. The van der Waals surface area contributed by atoms with Gasteiger partial charge in [0.25, 0.3) is 0 Å². The fourth-order valence-corrected chi connectivity index (χ4v) is 5.47. The van der Waals surface area contributed by atoms with Gasteiger partial charge >= 0.3 is 12.0 Å².